The van der Waals surface area contributed by atoms with E-state index in [0.717, 1.165) is 25.3 Å². The number of nitrogens with zero attached hydrogens (tertiary/aromatic N) is 1. The molecule has 1 aromatic carbocycles. The van der Waals surface area contributed by atoms with Crippen LogP contribution in [0.2, 0.25) is 0 Å². The summed E-state index contributed by atoms with van der Waals surface area (Å²) in [5.74, 6) is -4.04. The van der Waals surface area contributed by atoms with Crippen molar-refractivity contribution in [1.29, 1.82) is 0 Å². The fourth-order valence-electron chi connectivity index (χ4n) is 4.34. The highest BCUT2D eigenvalue weighted by molar-refractivity contribution is 5.69. The molecule has 3 rings (SSSR count). The summed E-state index contributed by atoms with van der Waals surface area (Å²) < 4.78 is 46.2. The van der Waals surface area contributed by atoms with E-state index in [-0.39, 0.29) is 36.9 Å². The summed E-state index contributed by atoms with van der Waals surface area (Å²) >= 11 is 0. The lowest BCUT2D eigenvalue weighted by Gasteiger charge is -2.51. The number of carbonyl (C=O) groups is 1. The molecule has 2 unspecified atom stereocenters. The molecule has 0 aromatic heterocycles. The second kappa shape index (κ2) is 7.00. The third kappa shape index (κ3) is 4.23. The zero-order chi connectivity index (χ0) is 20.0. The number of benzene rings is 1. The maximum absolute atomic E-state index is 14.1. The molecule has 2 saturated heterocycles. The van der Waals surface area contributed by atoms with Gasteiger partial charge in [0.05, 0.1) is 5.60 Å². The molecular formula is C20H26F3NO3. The van der Waals surface area contributed by atoms with Crippen LogP contribution in [0.15, 0.2) is 12.1 Å². The molecule has 2 aliphatic rings. The Morgan fingerprint density at radius 3 is 2.33 bits per heavy atom. The Bertz CT molecular complexity index is 718. The van der Waals surface area contributed by atoms with Crippen LogP contribution in [0.5, 0.6) is 0 Å². The van der Waals surface area contributed by atoms with Crippen LogP contribution in [0, 0.1) is 17.5 Å². The molecule has 0 saturated carbocycles. The lowest BCUT2D eigenvalue weighted by Crippen LogP contribution is -2.61. The van der Waals surface area contributed by atoms with Crippen molar-refractivity contribution in [2.24, 2.45) is 0 Å². The third-order valence-electron chi connectivity index (χ3n) is 5.33. The molecule has 1 N–H and O–H groups in total. The molecular weight excluding hydrogens is 359 g/mol. The smallest absolute Gasteiger partial charge is 0.410 e. The number of carbonyl (C=O) groups excluding carboxylic acids is 1. The van der Waals surface area contributed by atoms with Gasteiger partial charge in [-0.05, 0) is 64.5 Å². The zero-order valence-electron chi connectivity index (χ0n) is 15.9. The van der Waals surface area contributed by atoms with Gasteiger partial charge in [0.1, 0.15) is 5.60 Å². The standard InChI is InChI=1S/C20H26F3NO3/c1-19(2,3)27-18(25)24-13-5-4-6-14(24)11-20(26,10-13)9-12-7-8-15(21)17(23)16(12)22/h7-8,13-14,26H,4-6,9-11H2,1-3H3. The lowest BCUT2D eigenvalue weighted by atomic mass is 9.73. The van der Waals surface area contributed by atoms with Crippen molar-refractivity contribution in [1.82, 2.24) is 4.90 Å². The fraction of sp³-hybridized carbons (Fsp3) is 0.650. The summed E-state index contributed by atoms with van der Waals surface area (Å²) in [4.78, 5) is 14.3. The molecule has 0 spiro atoms. The third-order valence-corrected chi connectivity index (χ3v) is 5.33. The van der Waals surface area contributed by atoms with Crippen molar-refractivity contribution < 1.29 is 27.8 Å². The Hall–Kier alpha value is -1.76. The first-order valence-electron chi connectivity index (χ1n) is 9.35. The molecule has 1 amide bonds. The zero-order valence-corrected chi connectivity index (χ0v) is 15.9. The average molecular weight is 385 g/mol. The molecule has 2 bridgehead atoms. The van der Waals surface area contributed by atoms with E-state index in [0.29, 0.717) is 0 Å². The minimum Gasteiger partial charge on any atom is -0.444 e. The first-order chi connectivity index (χ1) is 12.5. The van der Waals surface area contributed by atoms with Crippen LogP contribution in [0.4, 0.5) is 18.0 Å². The van der Waals surface area contributed by atoms with Gasteiger partial charge in [-0.2, -0.15) is 0 Å². The monoisotopic (exact) mass is 385 g/mol. The Kier molecular flexibility index (Phi) is 5.18. The quantitative estimate of drug-likeness (QED) is 0.771. The molecule has 27 heavy (non-hydrogen) atoms. The van der Waals surface area contributed by atoms with Crippen LogP contribution in [0.3, 0.4) is 0 Å². The van der Waals surface area contributed by atoms with E-state index in [2.05, 4.69) is 0 Å². The van der Waals surface area contributed by atoms with Gasteiger partial charge in [-0.15, -0.1) is 0 Å². The highest BCUT2D eigenvalue weighted by atomic mass is 19.2. The normalized spacial score (nSPS) is 28.2. The van der Waals surface area contributed by atoms with Gasteiger partial charge < -0.3 is 14.7 Å². The second-order valence-corrected chi connectivity index (χ2v) is 8.77. The van der Waals surface area contributed by atoms with Gasteiger partial charge in [0, 0.05) is 18.5 Å². The molecule has 7 heteroatoms. The van der Waals surface area contributed by atoms with Gasteiger partial charge in [0.2, 0.25) is 0 Å². The van der Waals surface area contributed by atoms with E-state index in [1.807, 2.05) is 0 Å². The van der Waals surface area contributed by atoms with Crippen molar-refractivity contribution in [2.45, 2.75) is 82.6 Å². The Morgan fingerprint density at radius 2 is 1.78 bits per heavy atom. The second-order valence-electron chi connectivity index (χ2n) is 8.77. The summed E-state index contributed by atoms with van der Waals surface area (Å²) in [5, 5.41) is 11.1. The van der Waals surface area contributed by atoms with Gasteiger partial charge in [-0.1, -0.05) is 6.07 Å². The van der Waals surface area contributed by atoms with Crippen LogP contribution in [0.1, 0.15) is 58.4 Å². The topological polar surface area (TPSA) is 49.8 Å². The van der Waals surface area contributed by atoms with Gasteiger partial charge in [0.25, 0.3) is 0 Å². The fourth-order valence-corrected chi connectivity index (χ4v) is 4.34. The van der Waals surface area contributed by atoms with E-state index in [9.17, 15) is 23.1 Å². The van der Waals surface area contributed by atoms with Crippen molar-refractivity contribution in [2.75, 3.05) is 0 Å². The molecule has 2 aliphatic heterocycles. The molecule has 2 fully saturated rings. The lowest BCUT2D eigenvalue weighted by molar-refractivity contribution is -0.0922. The van der Waals surface area contributed by atoms with Crippen LogP contribution in [-0.2, 0) is 11.2 Å². The number of aliphatic hydroxyl groups is 1. The van der Waals surface area contributed by atoms with Crippen molar-refractivity contribution >= 4 is 6.09 Å². The molecule has 0 radical (unpaired) electrons. The molecule has 1 aromatic rings. The van der Waals surface area contributed by atoms with Crippen molar-refractivity contribution in [3.63, 3.8) is 0 Å². The van der Waals surface area contributed by atoms with Crippen LogP contribution in [-0.4, -0.2) is 39.4 Å². The first-order valence-corrected chi connectivity index (χ1v) is 9.35. The van der Waals surface area contributed by atoms with E-state index >= 15 is 0 Å². The van der Waals surface area contributed by atoms with Gasteiger partial charge in [-0.25, -0.2) is 18.0 Å². The number of hydrogen-bond acceptors (Lipinski definition) is 3. The summed E-state index contributed by atoms with van der Waals surface area (Å²) in [6.07, 6.45) is 2.35. The van der Waals surface area contributed by atoms with Gasteiger partial charge in [-0.3, -0.25) is 0 Å². The predicted molar refractivity (Wildman–Crippen MR) is 93.7 cm³/mol. The van der Waals surface area contributed by atoms with E-state index in [1.54, 1.807) is 25.7 Å². The summed E-state index contributed by atoms with van der Waals surface area (Å²) in [6.45, 7) is 5.40. The van der Waals surface area contributed by atoms with E-state index in [4.69, 9.17) is 4.74 Å². The first kappa shape index (κ1) is 20.0. The number of fused-ring (bicyclic) bond motifs is 2. The Balaban J connectivity index is 1.79. The average Bonchev–Trinajstić information content (AvgIpc) is 2.53. The summed E-state index contributed by atoms with van der Waals surface area (Å²) in [6, 6.07) is 1.60. The molecule has 2 heterocycles. The predicted octanol–water partition coefficient (Wildman–Crippen LogP) is 4.33. The summed E-state index contributed by atoms with van der Waals surface area (Å²) in [5.41, 5.74) is -1.95. The SMILES string of the molecule is CC(C)(C)OC(=O)N1C2CCCC1CC(O)(Cc1ccc(F)c(F)c1F)C2. The van der Waals surface area contributed by atoms with Crippen LogP contribution >= 0.6 is 0 Å². The maximum atomic E-state index is 14.1. The minimum absolute atomic E-state index is 0.0554. The number of hydrogen-bond donors (Lipinski definition) is 1. The highest BCUT2D eigenvalue weighted by Crippen LogP contribution is 2.41. The summed E-state index contributed by atoms with van der Waals surface area (Å²) in [7, 11) is 0. The number of ether oxygens (including phenoxy) is 1. The Labute approximate surface area is 157 Å². The molecule has 4 nitrogen and oxygen atoms in total. The molecule has 2 atom stereocenters. The van der Waals surface area contributed by atoms with E-state index < -0.39 is 34.7 Å². The van der Waals surface area contributed by atoms with Gasteiger partial charge >= 0.3 is 6.09 Å². The van der Waals surface area contributed by atoms with Gasteiger partial charge in [0.15, 0.2) is 17.5 Å². The maximum Gasteiger partial charge on any atom is 0.410 e. The van der Waals surface area contributed by atoms with Crippen molar-refractivity contribution in [3.05, 3.63) is 35.1 Å². The van der Waals surface area contributed by atoms with Crippen LogP contribution < -0.4 is 0 Å². The highest BCUT2D eigenvalue weighted by Gasteiger charge is 2.48. The molecule has 0 aliphatic carbocycles. The van der Waals surface area contributed by atoms with E-state index in [1.165, 1.54) is 6.07 Å². The van der Waals surface area contributed by atoms with Crippen molar-refractivity contribution in [3.8, 4) is 0 Å². The Morgan fingerprint density at radius 1 is 1.19 bits per heavy atom. The molecule has 150 valence electrons. The number of amides is 1. The largest absolute Gasteiger partial charge is 0.444 e. The minimum atomic E-state index is -1.53. The van der Waals surface area contributed by atoms with Crippen LogP contribution in [0.25, 0.3) is 0 Å². The number of rotatable bonds is 2. The number of halogens is 3. The number of piperidine rings is 2.